The first-order valence-corrected chi connectivity index (χ1v) is 6.91. The summed E-state index contributed by atoms with van der Waals surface area (Å²) in [6, 6.07) is 9.62. The van der Waals surface area contributed by atoms with Gasteiger partial charge in [-0.2, -0.15) is 0 Å². The molecule has 1 heterocycles. The summed E-state index contributed by atoms with van der Waals surface area (Å²) in [5.41, 5.74) is 1.93. The predicted molar refractivity (Wildman–Crippen MR) is 75.5 cm³/mol. The van der Waals surface area contributed by atoms with E-state index in [0.29, 0.717) is 6.61 Å². The van der Waals surface area contributed by atoms with Crippen molar-refractivity contribution in [2.75, 3.05) is 0 Å². The van der Waals surface area contributed by atoms with Crippen molar-refractivity contribution in [2.45, 2.75) is 26.6 Å². The minimum Gasteiger partial charge on any atom is -0.488 e. The molecule has 0 spiro atoms. The van der Waals surface area contributed by atoms with Crippen LogP contribution >= 0.6 is 22.9 Å². The minimum atomic E-state index is -0.535. The molecule has 4 heteroatoms. The van der Waals surface area contributed by atoms with Gasteiger partial charge in [-0.1, -0.05) is 23.2 Å². The Labute approximate surface area is 116 Å². The molecule has 1 aromatic carbocycles. The first kappa shape index (κ1) is 13.4. The van der Waals surface area contributed by atoms with E-state index in [1.807, 2.05) is 37.3 Å². The van der Waals surface area contributed by atoms with Gasteiger partial charge in [0.2, 0.25) is 0 Å². The number of benzene rings is 1. The van der Waals surface area contributed by atoms with Gasteiger partial charge in [0, 0.05) is 10.4 Å². The molecule has 0 amide bonds. The molecule has 0 aliphatic rings. The molecule has 0 bridgehead atoms. The van der Waals surface area contributed by atoms with Crippen molar-refractivity contribution in [3.8, 4) is 5.75 Å². The Balaban J connectivity index is 2.13. The van der Waals surface area contributed by atoms with Gasteiger partial charge >= 0.3 is 0 Å². The molecular formula is C14H15ClO2S. The number of aliphatic hydroxyl groups is 1. The zero-order chi connectivity index (χ0) is 13.1. The zero-order valence-corrected chi connectivity index (χ0v) is 11.9. The summed E-state index contributed by atoms with van der Waals surface area (Å²) in [5.74, 6) is 0.722. The zero-order valence-electron chi connectivity index (χ0n) is 10.3. The Hall–Kier alpha value is -1.03. The Morgan fingerprint density at radius 2 is 2.11 bits per heavy atom. The van der Waals surface area contributed by atoms with Gasteiger partial charge in [-0.05, 0) is 38.1 Å². The lowest BCUT2D eigenvalue weighted by Gasteiger charge is -2.13. The van der Waals surface area contributed by atoms with Gasteiger partial charge in [-0.25, -0.2) is 0 Å². The summed E-state index contributed by atoms with van der Waals surface area (Å²) in [7, 11) is 0. The Kier molecular flexibility index (Phi) is 4.27. The molecule has 2 nitrogen and oxygen atoms in total. The van der Waals surface area contributed by atoms with E-state index in [9.17, 15) is 5.11 Å². The molecular weight excluding hydrogens is 268 g/mol. The van der Waals surface area contributed by atoms with Crippen molar-refractivity contribution in [2.24, 2.45) is 0 Å². The van der Waals surface area contributed by atoms with Crippen molar-refractivity contribution in [3.63, 3.8) is 0 Å². The van der Waals surface area contributed by atoms with Crippen LogP contribution in [0, 0.1) is 6.92 Å². The molecule has 1 N–H and O–H groups in total. The largest absolute Gasteiger partial charge is 0.488 e. The second-order valence-corrected chi connectivity index (χ2v) is 6.01. The van der Waals surface area contributed by atoms with E-state index in [-0.39, 0.29) is 0 Å². The standard InChI is InChI=1S/C14H15ClO2S/c1-9-3-5-13(12(7-9)10(2)16)17-8-11-4-6-14(15)18-11/h3-7,10,16H,8H2,1-2H3/t10-/m1/s1. The second-order valence-electron chi connectivity index (χ2n) is 4.21. The Morgan fingerprint density at radius 1 is 1.33 bits per heavy atom. The highest BCUT2D eigenvalue weighted by Crippen LogP contribution is 2.28. The fourth-order valence-electron chi connectivity index (χ4n) is 1.70. The van der Waals surface area contributed by atoms with Crippen molar-refractivity contribution in [1.82, 2.24) is 0 Å². The lowest BCUT2D eigenvalue weighted by molar-refractivity contribution is 0.190. The molecule has 96 valence electrons. The molecule has 2 aromatic rings. The van der Waals surface area contributed by atoms with Crippen LogP contribution in [0.3, 0.4) is 0 Å². The molecule has 0 aliphatic carbocycles. The first-order chi connectivity index (χ1) is 8.56. The number of halogens is 1. The van der Waals surface area contributed by atoms with Gasteiger partial charge in [-0.15, -0.1) is 11.3 Å². The number of ether oxygens (including phenoxy) is 1. The molecule has 0 aliphatic heterocycles. The van der Waals surface area contributed by atoms with Crippen LogP contribution < -0.4 is 4.74 Å². The van der Waals surface area contributed by atoms with E-state index < -0.39 is 6.10 Å². The second kappa shape index (κ2) is 5.74. The molecule has 0 saturated carbocycles. The van der Waals surface area contributed by atoms with Crippen LogP contribution in [-0.2, 0) is 6.61 Å². The lowest BCUT2D eigenvalue weighted by atomic mass is 10.1. The molecule has 2 rings (SSSR count). The lowest BCUT2D eigenvalue weighted by Crippen LogP contribution is -2.00. The fourth-order valence-corrected chi connectivity index (χ4v) is 2.70. The summed E-state index contributed by atoms with van der Waals surface area (Å²) in [6.45, 7) is 4.21. The highest BCUT2D eigenvalue weighted by molar-refractivity contribution is 7.16. The fraction of sp³-hybridized carbons (Fsp3) is 0.286. The average Bonchev–Trinajstić information content (AvgIpc) is 2.73. The maximum atomic E-state index is 9.73. The highest BCUT2D eigenvalue weighted by atomic mass is 35.5. The number of aryl methyl sites for hydroxylation is 1. The maximum Gasteiger partial charge on any atom is 0.125 e. The number of rotatable bonds is 4. The van der Waals surface area contributed by atoms with Crippen molar-refractivity contribution < 1.29 is 9.84 Å². The molecule has 0 fully saturated rings. The van der Waals surface area contributed by atoms with Crippen LogP contribution in [-0.4, -0.2) is 5.11 Å². The first-order valence-electron chi connectivity index (χ1n) is 5.72. The van der Waals surface area contributed by atoms with Crippen LogP contribution in [0.5, 0.6) is 5.75 Å². The van der Waals surface area contributed by atoms with E-state index in [1.54, 1.807) is 6.92 Å². The number of thiophene rings is 1. The van der Waals surface area contributed by atoms with E-state index in [0.717, 1.165) is 26.1 Å². The van der Waals surface area contributed by atoms with Crippen molar-refractivity contribution >= 4 is 22.9 Å². The van der Waals surface area contributed by atoms with Gasteiger partial charge in [-0.3, -0.25) is 0 Å². The monoisotopic (exact) mass is 282 g/mol. The van der Waals surface area contributed by atoms with Crippen molar-refractivity contribution in [1.29, 1.82) is 0 Å². The summed E-state index contributed by atoms with van der Waals surface area (Å²) in [4.78, 5) is 1.07. The van der Waals surface area contributed by atoms with Gasteiger partial charge in [0.05, 0.1) is 10.4 Å². The van der Waals surface area contributed by atoms with E-state index in [1.165, 1.54) is 11.3 Å². The number of hydrogen-bond acceptors (Lipinski definition) is 3. The van der Waals surface area contributed by atoms with Crippen LogP contribution in [0.15, 0.2) is 30.3 Å². The average molecular weight is 283 g/mol. The molecule has 0 radical (unpaired) electrons. The van der Waals surface area contributed by atoms with Gasteiger partial charge in [0.1, 0.15) is 12.4 Å². The quantitative estimate of drug-likeness (QED) is 0.904. The van der Waals surface area contributed by atoms with Crippen LogP contribution in [0.25, 0.3) is 0 Å². The SMILES string of the molecule is Cc1ccc(OCc2ccc(Cl)s2)c([C@@H](C)O)c1. The summed E-state index contributed by atoms with van der Waals surface area (Å²) in [6.07, 6.45) is -0.535. The summed E-state index contributed by atoms with van der Waals surface area (Å²) < 4.78 is 6.50. The van der Waals surface area contributed by atoms with Crippen LogP contribution in [0.2, 0.25) is 4.34 Å². The molecule has 0 saturated heterocycles. The van der Waals surface area contributed by atoms with E-state index in [2.05, 4.69) is 0 Å². The Bertz CT molecular complexity index is 534. The topological polar surface area (TPSA) is 29.5 Å². The minimum absolute atomic E-state index is 0.472. The smallest absolute Gasteiger partial charge is 0.125 e. The van der Waals surface area contributed by atoms with Gasteiger partial charge in [0.15, 0.2) is 0 Å². The normalized spacial score (nSPS) is 12.4. The van der Waals surface area contributed by atoms with E-state index in [4.69, 9.17) is 16.3 Å². The molecule has 1 aromatic heterocycles. The van der Waals surface area contributed by atoms with Crippen molar-refractivity contribution in [3.05, 3.63) is 50.7 Å². The van der Waals surface area contributed by atoms with E-state index >= 15 is 0 Å². The number of aliphatic hydroxyl groups excluding tert-OH is 1. The predicted octanol–water partition coefficient (Wildman–Crippen LogP) is 4.34. The summed E-state index contributed by atoms with van der Waals surface area (Å²) >= 11 is 7.37. The number of hydrogen-bond donors (Lipinski definition) is 1. The third-order valence-corrected chi connectivity index (χ3v) is 3.82. The third-order valence-electron chi connectivity index (χ3n) is 2.61. The molecule has 18 heavy (non-hydrogen) atoms. The van der Waals surface area contributed by atoms with Crippen LogP contribution in [0.4, 0.5) is 0 Å². The Morgan fingerprint density at radius 3 is 2.72 bits per heavy atom. The van der Waals surface area contributed by atoms with Crippen LogP contribution in [0.1, 0.15) is 29.0 Å². The van der Waals surface area contributed by atoms with Gasteiger partial charge < -0.3 is 9.84 Å². The molecule has 0 unspecified atom stereocenters. The third kappa shape index (κ3) is 3.25. The maximum absolute atomic E-state index is 9.73. The molecule has 1 atom stereocenters. The van der Waals surface area contributed by atoms with Gasteiger partial charge in [0.25, 0.3) is 0 Å². The summed E-state index contributed by atoms with van der Waals surface area (Å²) in [5, 5.41) is 9.73. The highest BCUT2D eigenvalue weighted by Gasteiger charge is 2.10.